The Bertz CT molecular complexity index is 944. The van der Waals surface area contributed by atoms with Gasteiger partial charge in [0.05, 0.1) is 18.6 Å². The van der Waals surface area contributed by atoms with E-state index in [-0.39, 0.29) is 29.9 Å². The van der Waals surface area contributed by atoms with Crippen LogP contribution < -0.4 is 16.6 Å². The first-order valence-corrected chi connectivity index (χ1v) is 12.9. The summed E-state index contributed by atoms with van der Waals surface area (Å²) in [5, 5.41) is 14.3. The van der Waals surface area contributed by atoms with E-state index in [2.05, 4.69) is 5.32 Å². The van der Waals surface area contributed by atoms with Gasteiger partial charge in [0.15, 0.2) is 14.1 Å². The molecule has 1 atom stereocenters. The number of methoxy groups -OCH3 is 1. The van der Waals surface area contributed by atoms with E-state index >= 15 is 0 Å². The van der Waals surface area contributed by atoms with Crippen molar-refractivity contribution in [2.75, 3.05) is 19.0 Å². The molecule has 1 rings (SSSR count). The summed E-state index contributed by atoms with van der Waals surface area (Å²) < 4.78 is 12.7. The molecule has 11 nitrogen and oxygen atoms in total. The highest BCUT2D eigenvalue weighted by Gasteiger charge is 2.39. The third-order valence-electron chi connectivity index (χ3n) is 5.46. The molecule has 0 bridgehead atoms. The van der Waals surface area contributed by atoms with Crippen LogP contribution in [0, 0.1) is 16.0 Å². The van der Waals surface area contributed by atoms with E-state index in [9.17, 15) is 24.5 Å². The molecule has 0 amide bonds. The van der Waals surface area contributed by atoms with E-state index in [1.807, 2.05) is 47.7 Å². The Labute approximate surface area is 182 Å². The van der Waals surface area contributed by atoms with Gasteiger partial charge in [-0.05, 0) is 24.1 Å². The van der Waals surface area contributed by atoms with Gasteiger partial charge in [-0.3, -0.25) is 24.0 Å². The number of rotatable bonds is 9. The van der Waals surface area contributed by atoms with Gasteiger partial charge in [-0.25, -0.2) is 9.59 Å². The fourth-order valence-corrected chi connectivity index (χ4v) is 3.60. The quantitative estimate of drug-likeness (QED) is 0.257. The van der Waals surface area contributed by atoms with Crippen molar-refractivity contribution in [1.29, 1.82) is 0 Å². The lowest BCUT2D eigenvalue weighted by molar-refractivity contribution is -0.386. The minimum absolute atomic E-state index is 0.0598. The van der Waals surface area contributed by atoms with Crippen molar-refractivity contribution in [3.05, 3.63) is 31.0 Å². The number of hydrogen-bond acceptors (Lipinski definition) is 8. The second-order valence-electron chi connectivity index (χ2n) is 9.40. The summed E-state index contributed by atoms with van der Waals surface area (Å²) in [4.78, 5) is 48.5. The molecule has 0 aliphatic carbocycles. The first kappa shape index (κ1) is 26.6. The fourth-order valence-electron chi connectivity index (χ4n) is 2.58. The van der Waals surface area contributed by atoms with E-state index < -0.39 is 42.2 Å². The van der Waals surface area contributed by atoms with Crippen molar-refractivity contribution >= 4 is 25.8 Å². The lowest BCUT2D eigenvalue weighted by Gasteiger charge is -2.37. The molecule has 0 saturated heterocycles. The largest absolute Gasteiger partial charge is 0.467 e. The van der Waals surface area contributed by atoms with Gasteiger partial charge in [0.2, 0.25) is 0 Å². The summed E-state index contributed by atoms with van der Waals surface area (Å²) in [5.74, 6) is -1.12. The van der Waals surface area contributed by atoms with E-state index in [4.69, 9.17) is 9.16 Å². The standard InChI is InChI=1S/C19H34N4O7Si/c1-12(2)10-22-15(14(23(27)28)16(24)21(6)18(22)26)20-13(17(25)29-7)11-30-31(8,9)19(3,4)5/h12-13,20H,10-11H2,1-9H3. The third-order valence-corrected chi connectivity index (χ3v) is 9.96. The molecule has 1 aromatic rings. The van der Waals surface area contributed by atoms with Crippen LogP contribution in [0.5, 0.6) is 0 Å². The van der Waals surface area contributed by atoms with Gasteiger partial charge in [-0.1, -0.05) is 34.6 Å². The van der Waals surface area contributed by atoms with E-state index in [1.165, 1.54) is 14.2 Å². The number of nitrogens with zero attached hydrogens (tertiary/aromatic N) is 3. The molecule has 31 heavy (non-hydrogen) atoms. The maximum absolute atomic E-state index is 12.7. The molecule has 0 aliphatic rings. The van der Waals surface area contributed by atoms with E-state index in [0.717, 1.165) is 4.57 Å². The van der Waals surface area contributed by atoms with E-state index in [0.29, 0.717) is 4.57 Å². The summed E-state index contributed by atoms with van der Waals surface area (Å²) in [6.45, 7) is 13.7. The number of nitro groups is 1. The molecule has 0 aromatic carbocycles. The van der Waals surface area contributed by atoms with Crippen LogP contribution in [0.4, 0.5) is 11.5 Å². The summed E-state index contributed by atoms with van der Waals surface area (Å²) in [6, 6.07) is -1.15. The molecule has 0 aliphatic heterocycles. The fraction of sp³-hybridized carbons (Fsp3) is 0.737. The molecule has 1 unspecified atom stereocenters. The molecular weight excluding hydrogens is 424 g/mol. The van der Waals surface area contributed by atoms with Gasteiger partial charge in [0.25, 0.3) is 0 Å². The zero-order valence-corrected chi connectivity index (χ0v) is 20.8. The maximum Gasteiger partial charge on any atom is 0.374 e. The topological polar surface area (TPSA) is 135 Å². The highest BCUT2D eigenvalue weighted by atomic mass is 28.4. The van der Waals surface area contributed by atoms with Gasteiger partial charge >= 0.3 is 22.9 Å². The normalized spacial score (nSPS) is 13.2. The van der Waals surface area contributed by atoms with Crippen LogP contribution in [-0.4, -0.2) is 48.1 Å². The van der Waals surface area contributed by atoms with Crippen molar-refractivity contribution in [2.45, 2.75) is 65.3 Å². The molecule has 12 heteroatoms. The van der Waals surface area contributed by atoms with Crippen molar-refractivity contribution in [3.63, 3.8) is 0 Å². The Morgan fingerprint density at radius 3 is 2.23 bits per heavy atom. The van der Waals surface area contributed by atoms with Crippen LogP contribution in [0.15, 0.2) is 9.59 Å². The predicted molar refractivity (Wildman–Crippen MR) is 120 cm³/mol. The third kappa shape index (κ3) is 6.03. The second kappa shape index (κ2) is 9.77. The van der Waals surface area contributed by atoms with Crippen LogP contribution >= 0.6 is 0 Å². The molecule has 0 radical (unpaired) electrons. The average molecular weight is 459 g/mol. The number of ether oxygens (including phenoxy) is 1. The lowest BCUT2D eigenvalue weighted by atomic mass is 10.2. The van der Waals surface area contributed by atoms with Crippen molar-refractivity contribution in [1.82, 2.24) is 9.13 Å². The molecule has 1 heterocycles. The number of hydrogen-bond donors (Lipinski definition) is 1. The highest BCUT2D eigenvalue weighted by Crippen LogP contribution is 2.36. The molecule has 1 aromatic heterocycles. The average Bonchev–Trinajstić information content (AvgIpc) is 2.64. The molecule has 0 saturated carbocycles. The van der Waals surface area contributed by atoms with Gasteiger partial charge < -0.3 is 14.5 Å². The monoisotopic (exact) mass is 458 g/mol. The minimum atomic E-state index is -2.27. The predicted octanol–water partition coefficient (Wildman–Crippen LogP) is 2.09. The SMILES string of the molecule is COC(=O)C(CO[Si](C)(C)C(C)(C)C)Nc1c([N+](=O)[O-])c(=O)n(C)c(=O)n1CC(C)C. The van der Waals surface area contributed by atoms with Crippen molar-refractivity contribution < 1.29 is 18.9 Å². The molecular formula is C19H34N4O7Si. The summed E-state index contributed by atoms with van der Waals surface area (Å²) >= 11 is 0. The number of aromatic nitrogens is 2. The molecule has 0 fully saturated rings. The number of carbonyl (C=O) groups excluding carboxylic acids is 1. The van der Waals surface area contributed by atoms with Crippen LogP contribution in [0.2, 0.25) is 18.1 Å². The van der Waals surface area contributed by atoms with Crippen LogP contribution in [0.1, 0.15) is 34.6 Å². The number of nitrogens with one attached hydrogen (secondary N) is 1. The Kier molecular flexibility index (Phi) is 8.37. The summed E-state index contributed by atoms with van der Waals surface area (Å²) in [7, 11) is 0.0952. The number of carbonyl (C=O) groups is 1. The smallest absolute Gasteiger partial charge is 0.374 e. The lowest BCUT2D eigenvalue weighted by Crippen LogP contribution is -2.47. The van der Waals surface area contributed by atoms with E-state index in [1.54, 1.807) is 0 Å². The number of anilines is 1. The zero-order chi connectivity index (χ0) is 24.3. The molecule has 1 N–H and O–H groups in total. The second-order valence-corrected chi connectivity index (χ2v) is 14.2. The Balaban J connectivity index is 3.58. The van der Waals surface area contributed by atoms with Crippen LogP contribution in [-0.2, 0) is 27.5 Å². The minimum Gasteiger partial charge on any atom is -0.467 e. The van der Waals surface area contributed by atoms with Gasteiger partial charge in [0.1, 0.15) is 6.04 Å². The Hall–Kier alpha value is -2.47. The highest BCUT2D eigenvalue weighted by molar-refractivity contribution is 6.74. The maximum atomic E-state index is 12.7. The number of esters is 1. The Morgan fingerprint density at radius 2 is 1.81 bits per heavy atom. The Morgan fingerprint density at radius 1 is 1.26 bits per heavy atom. The van der Waals surface area contributed by atoms with Crippen molar-refractivity contribution in [2.24, 2.45) is 13.0 Å². The van der Waals surface area contributed by atoms with Gasteiger partial charge in [-0.15, -0.1) is 0 Å². The first-order chi connectivity index (χ1) is 14.0. The molecule has 0 spiro atoms. The van der Waals surface area contributed by atoms with Gasteiger partial charge in [0, 0.05) is 13.6 Å². The van der Waals surface area contributed by atoms with Crippen LogP contribution in [0.25, 0.3) is 0 Å². The molecule has 176 valence electrons. The van der Waals surface area contributed by atoms with Gasteiger partial charge in [-0.2, -0.15) is 0 Å². The zero-order valence-electron chi connectivity index (χ0n) is 19.8. The first-order valence-electron chi connectivity index (χ1n) is 10.0. The van der Waals surface area contributed by atoms with Crippen LogP contribution in [0.3, 0.4) is 0 Å². The van der Waals surface area contributed by atoms with Crippen molar-refractivity contribution in [3.8, 4) is 0 Å². The summed E-state index contributed by atoms with van der Waals surface area (Å²) in [5.41, 5.74) is -2.60. The summed E-state index contributed by atoms with van der Waals surface area (Å²) in [6.07, 6.45) is 0.